The number of rotatable bonds is 7. The highest BCUT2D eigenvalue weighted by atomic mass is 32.2. The van der Waals surface area contributed by atoms with Crippen LogP contribution in [0.1, 0.15) is 54.6 Å². The van der Waals surface area contributed by atoms with Crippen molar-refractivity contribution in [3.05, 3.63) is 28.8 Å². The van der Waals surface area contributed by atoms with Crippen LogP contribution >= 0.6 is 0 Å². The molecule has 0 heterocycles. The maximum atomic E-state index is 12.2. The minimum atomic E-state index is -3.39. The summed E-state index contributed by atoms with van der Waals surface area (Å²) in [5.74, 6) is -0.489. The highest BCUT2D eigenvalue weighted by Crippen LogP contribution is 2.27. The predicted molar refractivity (Wildman–Crippen MR) is 83.5 cm³/mol. The first-order valence-electron chi connectivity index (χ1n) is 7.29. The van der Waals surface area contributed by atoms with Crippen molar-refractivity contribution in [2.75, 3.05) is 13.4 Å². The lowest BCUT2D eigenvalue weighted by Gasteiger charge is -2.15. The number of ether oxygens (including phenoxy) is 1. The van der Waals surface area contributed by atoms with E-state index in [1.54, 1.807) is 12.1 Å². The molecule has 118 valence electrons. The second-order valence-electron chi connectivity index (χ2n) is 5.15. The fourth-order valence-corrected chi connectivity index (χ4v) is 3.90. The van der Waals surface area contributed by atoms with Gasteiger partial charge in [-0.2, -0.15) is 0 Å². The van der Waals surface area contributed by atoms with Crippen molar-refractivity contribution in [2.24, 2.45) is 0 Å². The lowest BCUT2D eigenvalue weighted by atomic mass is 9.98. The maximum Gasteiger partial charge on any atom is 0.338 e. The van der Waals surface area contributed by atoms with E-state index in [1.807, 2.05) is 6.92 Å². The van der Waals surface area contributed by atoms with Crippen LogP contribution in [0.3, 0.4) is 0 Å². The van der Waals surface area contributed by atoms with Gasteiger partial charge >= 0.3 is 5.97 Å². The lowest BCUT2D eigenvalue weighted by Crippen LogP contribution is -2.13. The SMILES string of the molecule is CCCCCc1ccc(C(=O)OC)c(CC)c1S(C)(=O)=O. The van der Waals surface area contributed by atoms with Gasteiger partial charge in [-0.05, 0) is 36.5 Å². The maximum absolute atomic E-state index is 12.2. The fraction of sp³-hybridized carbons (Fsp3) is 0.562. The first-order chi connectivity index (χ1) is 9.86. The normalized spacial score (nSPS) is 11.4. The molecule has 4 nitrogen and oxygen atoms in total. The molecular formula is C16H24O4S. The van der Waals surface area contributed by atoms with Crippen molar-refractivity contribution in [1.29, 1.82) is 0 Å². The molecule has 21 heavy (non-hydrogen) atoms. The lowest BCUT2D eigenvalue weighted by molar-refractivity contribution is 0.0599. The summed E-state index contributed by atoms with van der Waals surface area (Å²) >= 11 is 0. The first kappa shape index (κ1) is 17.7. The second-order valence-corrected chi connectivity index (χ2v) is 7.11. The van der Waals surface area contributed by atoms with E-state index in [0.29, 0.717) is 28.9 Å². The Kier molecular flexibility index (Phi) is 6.40. The molecule has 0 aromatic heterocycles. The topological polar surface area (TPSA) is 60.4 Å². The molecule has 0 amide bonds. The Labute approximate surface area is 127 Å². The van der Waals surface area contributed by atoms with E-state index >= 15 is 0 Å². The Balaban J connectivity index is 3.44. The summed E-state index contributed by atoms with van der Waals surface area (Å²) in [5.41, 5.74) is 1.72. The van der Waals surface area contributed by atoms with E-state index in [2.05, 4.69) is 6.92 Å². The molecule has 5 heteroatoms. The highest BCUT2D eigenvalue weighted by molar-refractivity contribution is 7.90. The average molecular weight is 312 g/mol. The van der Waals surface area contributed by atoms with Crippen molar-refractivity contribution < 1.29 is 17.9 Å². The average Bonchev–Trinajstić information content (AvgIpc) is 2.44. The molecule has 0 atom stereocenters. The largest absolute Gasteiger partial charge is 0.465 e. The summed E-state index contributed by atoms with van der Waals surface area (Å²) in [6.45, 7) is 3.96. The number of methoxy groups -OCH3 is 1. The molecule has 0 aliphatic heterocycles. The number of sulfone groups is 1. The molecule has 0 aliphatic rings. The molecule has 0 saturated carbocycles. The number of benzene rings is 1. The summed E-state index contributed by atoms with van der Waals surface area (Å²) in [4.78, 5) is 12.1. The second kappa shape index (κ2) is 7.59. The van der Waals surface area contributed by atoms with Gasteiger partial charge in [0.25, 0.3) is 0 Å². The molecule has 1 aromatic carbocycles. The number of esters is 1. The van der Waals surface area contributed by atoms with Gasteiger partial charge in [-0.1, -0.05) is 32.8 Å². The predicted octanol–water partition coefficient (Wildman–Crippen LogP) is 3.17. The van der Waals surface area contributed by atoms with Gasteiger partial charge in [0.1, 0.15) is 0 Å². The van der Waals surface area contributed by atoms with Gasteiger partial charge < -0.3 is 4.74 Å². The van der Waals surface area contributed by atoms with E-state index in [0.717, 1.165) is 24.8 Å². The Morgan fingerprint density at radius 2 is 1.86 bits per heavy atom. The fourth-order valence-electron chi connectivity index (χ4n) is 2.55. The summed E-state index contributed by atoms with van der Waals surface area (Å²) in [7, 11) is -2.08. The molecule has 0 spiro atoms. The van der Waals surface area contributed by atoms with E-state index < -0.39 is 15.8 Å². The number of aryl methyl sites for hydroxylation is 1. The van der Waals surface area contributed by atoms with Gasteiger partial charge in [0.05, 0.1) is 17.6 Å². The van der Waals surface area contributed by atoms with Crippen molar-refractivity contribution in [1.82, 2.24) is 0 Å². The molecule has 1 aromatic rings. The molecule has 0 fully saturated rings. The number of carbonyl (C=O) groups excluding carboxylic acids is 1. The van der Waals surface area contributed by atoms with Crippen LogP contribution in [0.25, 0.3) is 0 Å². The Morgan fingerprint density at radius 3 is 2.33 bits per heavy atom. The Morgan fingerprint density at radius 1 is 1.19 bits per heavy atom. The van der Waals surface area contributed by atoms with Crippen molar-refractivity contribution >= 4 is 15.8 Å². The zero-order chi connectivity index (χ0) is 16.0. The van der Waals surface area contributed by atoms with E-state index in [4.69, 9.17) is 4.74 Å². The molecule has 0 N–H and O–H groups in total. The summed E-state index contributed by atoms with van der Waals surface area (Å²) in [6.07, 6.45) is 5.48. The van der Waals surface area contributed by atoms with E-state index in [-0.39, 0.29) is 0 Å². The highest BCUT2D eigenvalue weighted by Gasteiger charge is 2.23. The van der Waals surface area contributed by atoms with Crippen LogP contribution < -0.4 is 0 Å². The van der Waals surface area contributed by atoms with Crippen molar-refractivity contribution in [3.8, 4) is 0 Å². The van der Waals surface area contributed by atoms with Crippen LogP contribution in [-0.2, 0) is 27.4 Å². The number of unbranched alkanes of at least 4 members (excludes halogenated alkanes) is 2. The standard InChI is InChI=1S/C16H24O4S/c1-5-7-8-9-12-10-11-14(16(17)20-3)13(6-2)15(12)21(4,18)19/h10-11H,5-9H2,1-4H3. The third-order valence-electron chi connectivity index (χ3n) is 3.52. The van der Waals surface area contributed by atoms with E-state index in [1.165, 1.54) is 13.4 Å². The quantitative estimate of drug-likeness (QED) is 0.573. The van der Waals surface area contributed by atoms with Crippen LogP contribution in [0, 0.1) is 0 Å². The zero-order valence-corrected chi connectivity index (χ0v) is 14.0. The van der Waals surface area contributed by atoms with Gasteiger partial charge in [0.15, 0.2) is 9.84 Å². The Bertz CT molecular complexity index is 603. The minimum absolute atomic E-state index is 0.309. The molecular weight excluding hydrogens is 288 g/mol. The molecule has 0 radical (unpaired) electrons. The minimum Gasteiger partial charge on any atom is -0.465 e. The molecule has 0 bridgehead atoms. The van der Waals surface area contributed by atoms with Crippen molar-refractivity contribution in [3.63, 3.8) is 0 Å². The van der Waals surface area contributed by atoms with Gasteiger partial charge in [0, 0.05) is 6.26 Å². The van der Waals surface area contributed by atoms with Gasteiger partial charge in [-0.15, -0.1) is 0 Å². The van der Waals surface area contributed by atoms with Crippen molar-refractivity contribution in [2.45, 2.75) is 50.8 Å². The number of hydrogen-bond acceptors (Lipinski definition) is 4. The molecule has 0 saturated heterocycles. The first-order valence-corrected chi connectivity index (χ1v) is 9.19. The Hall–Kier alpha value is -1.36. The smallest absolute Gasteiger partial charge is 0.338 e. The van der Waals surface area contributed by atoms with Gasteiger partial charge in [-0.3, -0.25) is 0 Å². The van der Waals surface area contributed by atoms with Crippen LogP contribution in [0.15, 0.2) is 17.0 Å². The number of hydrogen-bond donors (Lipinski definition) is 0. The molecule has 1 rings (SSSR count). The summed E-state index contributed by atoms with van der Waals surface area (Å²) in [5, 5.41) is 0. The third kappa shape index (κ3) is 4.30. The van der Waals surface area contributed by atoms with E-state index in [9.17, 15) is 13.2 Å². The summed E-state index contributed by atoms with van der Waals surface area (Å²) < 4.78 is 29.1. The number of carbonyl (C=O) groups is 1. The molecule has 0 unspecified atom stereocenters. The van der Waals surface area contributed by atoms with Crippen LogP contribution in [-0.4, -0.2) is 27.8 Å². The zero-order valence-electron chi connectivity index (χ0n) is 13.2. The van der Waals surface area contributed by atoms with Gasteiger partial charge in [-0.25, -0.2) is 13.2 Å². The monoisotopic (exact) mass is 312 g/mol. The summed E-state index contributed by atoms with van der Waals surface area (Å²) in [6, 6.07) is 3.43. The van der Waals surface area contributed by atoms with Crippen LogP contribution in [0.4, 0.5) is 0 Å². The van der Waals surface area contributed by atoms with Crippen LogP contribution in [0.5, 0.6) is 0 Å². The van der Waals surface area contributed by atoms with Crippen LogP contribution in [0.2, 0.25) is 0 Å². The molecule has 0 aliphatic carbocycles. The van der Waals surface area contributed by atoms with Gasteiger partial charge in [0.2, 0.25) is 0 Å². The third-order valence-corrected chi connectivity index (χ3v) is 4.77.